The van der Waals surface area contributed by atoms with Crippen LogP contribution in [0.5, 0.6) is 0 Å². The molecule has 1 saturated heterocycles. The van der Waals surface area contributed by atoms with Gasteiger partial charge in [-0.15, -0.1) is 0 Å². The van der Waals surface area contributed by atoms with Crippen LogP contribution in [0, 0.1) is 11.7 Å². The van der Waals surface area contributed by atoms with Gasteiger partial charge in [-0.2, -0.15) is 0 Å². The molecule has 1 unspecified atom stereocenters. The molecule has 1 saturated carbocycles. The normalized spacial score (nSPS) is 22.5. The third-order valence-electron chi connectivity index (χ3n) is 6.35. The molecule has 2 aromatic carbocycles. The summed E-state index contributed by atoms with van der Waals surface area (Å²) < 4.78 is 14.4. The number of hydrogen-bond donors (Lipinski definition) is 1. The van der Waals surface area contributed by atoms with Gasteiger partial charge in [0.15, 0.2) is 5.82 Å². The average Bonchev–Trinajstić information content (AvgIpc) is 3.51. The topological polar surface area (TPSA) is 58.1 Å². The Labute approximate surface area is 178 Å². The molecule has 5 nitrogen and oxygen atoms in total. The number of carbonyl (C=O) groups is 1. The van der Waals surface area contributed by atoms with E-state index < -0.39 is 5.82 Å². The number of hydrogen-bond acceptors (Lipinski definition) is 4. The van der Waals surface area contributed by atoms with E-state index in [9.17, 15) is 9.18 Å². The van der Waals surface area contributed by atoms with Gasteiger partial charge < -0.3 is 10.2 Å². The number of likely N-dealkylation sites (tertiary alicyclic amines) is 1. The number of anilines is 2. The predicted octanol–water partition coefficient (Wildman–Crippen LogP) is 4.84. The molecule has 5 rings (SSSR count). The largest absolute Gasteiger partial charge is 0.338 e. The minimum absolute atomic E-state index is 0.0253. The van der Waals surface area contributed by atoms with E-state index in [4.69, 9.17) is 11.6 Å². The van der Waals surface area contributed by atoms with Crippen molar-refractivity contribution in [1.82, 2.24) is 14.9 Å². The summed E-state index contributed by atoms with van der Waals surface area (Å²) >= 11 is 5.91. The van der Waals surface area contributed by atoms with Crippen molar-refractivity contribution in [2.75, 3.05) is 18.4 Å². The number of halogens is 2. The highest BCUT2D eigenvalue weighted by molar-refractivity contribution is 6.31. The van der Waals surface area contributed by atoms with Gasteiger partial charge in [-0.1, -0.05) is 30.3 Å². The fourth-order valence-corrected chi connectivity index (χ4v) is 4.81. The third kappa shape index (κ3) is 3.03. The molecule has 1 aliphatic heterocycles. The van der Waals surface area contributed by atoms with Crippen molar-refractivity contribution < 1.29 is 9.18 Å². The maximum atomic E-state index is 14.4. The summed E-state index contributed by atoms with van der Waals surface area (Å²) in [7, 11) is 0. The van der Waals surface area contributed by atoms with Crippen molar-refractivity contribution in [1.29, 1.82) is 0 Å². The highest BCUT2D eigenvalue weighted by Gasteiger charge is 2.58. The van der Waals surface area contributed by atoms with Crippen LogP contribution < -0.4 is 5.32 Å². The second kappa shape index (κ2) is 7.06. The monoisotopic (exact) mass is 422 g/mol. The van der Waals surface area contributed by atoms with Gasteiger partial charge in [0.2, 0.25) is 5.91 Å². The van der Waals surface area contributed by atoms with E-state index in [1.165, 1.54) is 18.5 Å². The number of carbonyl (C=O) groups excluding carboxylic acids is 1. The zero-order chi connectivity index (χ0) is 20.9. The average molecular weight is 423 g/mol. The molecule has 30 heavy (non-hydrogen) atoms. The highest BCUT2D eigenvalue weighted by atomic mass is 35.5. The van der Waals surface area contributed by atoms with E-state index in [1.807, 2.05) is 11.0 Å². The van der Waals surface area contributed by atoms with Crippen LogP contribution in [0.4, 0.5) is 15.9 Å². The molecular weight excluding hydrogens is 403 g/mol. The van der Waals surface area contributed by atoms with Gasteiger partial charge >= 0.3 is 0 Å². The summed E-state index contributed by atoms with van der Waals surface area (Å²) in [5.74, 6) is 0.540. The fraction of sp³-hybridized carbons (Fsp3) is 0.261. The molecule has 152 valence electrons. The number of amides is 1. The number of rotatable bonds is 4. The standard InChI is InChI=1S/C23H20ClFN4O/c1-2-20(30)29-9-8-15-11-23(15,12-29)14-6-7-18-16(10-14)22(27-13-26-18)28-19-5-3-4-17(24)21(19)25/h2-7,10,13,15H,1,8-9,11-12H2,(H,26,27,28)/t15?,23-/m0/s1. The zero-order valence-corrected chi connectivity index (χ0v) is 17.0. The summed E-state index contributed by atoms with van der Waals surface area (Å²) in [6.45, 7) is 5.08. The summed E-state index contributed by atoms with van der Waals surface area (Å²) in [4.78, 5) is 22.7. The van der Waals surface area contributed by atoms with Crippen molar-refractivity contribution in [2.24, 2.45) is 5.92 Å². The van der Waals surface area contributed by atoms with Crippen molar-refractivity contribution in [3.63, 3.8) is 0 Å². The zero-order valence-electron chi connectivity index (χ0n) is 16.2. The fourth-order valence-electron chi connectivity index (χ4n) is 4.64. The second-order valence-electron chi connectivity index (χ2n) is 7.99. The van der Waals surface area contributed by atoms with Crippen LogP contribution in [-0.2, 0) is 10.2 Å². The summed E-state index contributed by atoms with van der Waals surface area (Å²) in [6.07, 6.45) is 4.88. The Balaban J connectivity index is 1.53. The van der Waals surface area contributed by atoms with Gasteiger partial charge in [-0.05, 0) is 54.7 Å². The minimum Gasteiger partial charge on any atom is -0.338 e. The maximum absolute atomic E-state index is 14.4. The van der Waals surface area contributed by atoms with Crippen LogP contribution in [0.2, 0.25) is 5.02 Å². The Morgan fingerprint density at radius 1 is 1.33 bits per heavy atom. The van der Waals surface area contributed by atoms with E-state index in [1.54, 1.807) is 12.1 Å². The Bertz CT molecular complexity index is 1180. The van der Waals surface area contributed by atoms with Crippen LogP contribution in [-0.4, -0.2) is 33.9 Å². The molecule has 1 aliphatic carbocycles. The first kappa shape index (κ1) is 19.0. The molecule has 2 atom stereocenters. The Hall–Kier alpha value is -2.99. The molecule has 0 spiro atoms. The number of fused-ring (bicyclic) bond motifs is 2. The van der Waals surface area contributed by atoms with Gasteiger partial charge in [0.1, 0.15) is 12.1 Å². The molecule has 2 aliphatic rings. The number of piperidine rings is 1. The lowest BCUT2D eigenvalue weighted by Gasteiger charge is -2.32. The number of nitrogens with zero attached hydrogens (tertiary/aromatic N) is 3. The summed E-state index contributed by atoms with van der Waals surface area (Å²) in [5, 5.41) is 3.92. The summed E-state index contributed by atoms with van der Waals surface area (Å²) in [6, 6.07) is 10.9. The molecule has 1 N–H and O–H groups in total. The van der Waals surface area contributed by atoms with E-state index in [-0.39, 0.29) is 22.0 Å². The Morgan fingerprint density at radius 3 is 3.03 bits per heavy atom. The van der Waals surface area contributed by atoms with Crippen molar-refractivity contribution in [2.45, 2.75) is 18.3 Å². The maximum Gasteiger partial charge on any atom is 0.245 e. The van der Waals surface area contributed by atoms with E-state index in [0.717, 1.165) is 35.9 Å². The van der Waals surface area contributed by atoms with E-state index in [0.29, 0.717) is 18.3 Å². The Morgan fingerprint density at radius 2 is 2.20 bits per heavy atom. The number of nitrogens with one attached hydrogen (secondary N) is 1. The third-order valence-corrected chi connectivity index (χ3v) is 6.65. The van der Waals surface area contributed by atoms with Crippen LogP contribution in [0.25, 0.3) is 10.9 Å². The van der Waals surface area contributed by atoms with Crippen LogP contribution in [0.3, 0.4) is 0 Å². The molecule has 0 bridgehead atoms. The summed E-state index contributed by atoms with van der Waals surface area (Å²) in [5.41, 5.74) is 2.14. The van der Waals surface area contributed by atoms with Gasteiger partial charge in [-0.25, -0.2) is 14.4 Å². The minimum atomic E-state index is -0.520. The van der Waals surface area contributed by atoms with Gasteiger partial charge in [0, 0.05) is 23.9 Å². The first-order valence-corrected chi connectivity index (χ1v) is 10.3. The van der Waals surface area contributed by atoms with Crippen LogP contribution >= 0.6 is 11.6 Å². The molecule has 0 radical (unpaired) electrons. The molecule has 2 heterocycles. The van der Waals surface area contributed by atoms with Gasteiger partial charge in [0.25, 0.3) is 0 Å². The molecule has 2 fully saturated rings. The quantitative estimate of drug-likeness (QED) is 0.611. The molecule has 3 aromatic rings. The van der Waals surface area contributed by atoms with Crippen molar-refractivity contribution in [3.05, 3.63) is 71.8 Å². The van der Waals surface area contributed by atoms with Gasteiger partial charge in [-0.3, -0.25) is 4.79 Å². The molecule has 7 heteroatoms. The predicted molar refractivity (Wildman–Crippen MR) is 115 cm³/mol. The molecular formula is C23H20ClFN4O. The SMILES string of the molecule is C=CC(=O)N1CCC2C[C@@]2(c2ccc3ncnc(Nc4cccc(Cl)c4F)c3c2)C1. The van der Waals surface area contributed by atoms with E-state index >= 15 is 0 Å². The molecule has 1 aromatic heterocycles. The van der Waals surface area contributed by atoms with Crippen LogP contribution in [0.15, 0.2) is 55.4 Å². The molecule has 1 amide bonds. The smallest absolute Gasteiger partial charge is 0.245 e. The van der Waals surface area contributed by atoms with Gasteiger partial charge in [0.05, 0.1) is 16.2 Å². The van der Waals surface area contributed by atoms with E-state index in [2.05, 4.69) is 34.0 Å². The first-order chi connectivity index (χ1) is 14.5. The lowest BCUT2D eigenvalue weighted by atomic mass is 9.88. The van der Waals surface area contributed by atoms with Crippen molar-refractivity contribution in [3.8, 4) is 0 Å². The second-order valence-corrected chi connectivity index (χ2v) is 8.40. The highest BCUT2D eigenvalue weighted by Crippen LogP contribution is 2.59. The number of aromatic nitrogens is 2. The first-order valence-electron chi connectivity index (χ1n) is 9.89. The van der Waals surface area contributed by atoms with Crippen LogP contribution in [0.1, 0.15) is 18.4 Å². The lowest BCUT2D eigenvalue weighted by molar-refractivity contribution is -0.127. The Kier molecular flexibility index (Phi) is 4.47. The number of benzene rings is 2. The van der Waals surface area contributed by atoms with Crippen molar-refractivity contribution >= 4 is 39.9 Å². The lowest BCUT2D eigenvalue weighted by Crippen LogP contribution is -2.41.